The first kappa shape index (κ1) is 12.4. The van der Waals surface area contributed by atoms with Crippen molar-refractivity contribution < 1.29 is 14.3 Å². The third kappa shape index (κ3) is 3.51. The molecular weight excluding hydrogens is 232 g/mol. The summed E-state index contributed by atoms with van der Waals surface area (Å²) in [4.78, 5) is 26.1. The van der Waals surface area contributed by atoms with Crippen LogP contribution in [0.3, 0.4) is 0 Å². The van der Waals surface area contributed by atoms with Crippen LogP contribution in [0.15, 0.2) is 18.5 Å². The average Bonchev–Trinajstić information content (AvgIpc) is 2.29. The molecule has 86 valence electrons. The molecule has 0 atom stereocenters. The fourth-order valence-corrected chi connectivity index (χ4v) is 1.21. The van der Waals surface area contributed by atoms with Gasteiger partial charge in [-0.05, 0) is 6.07 Å². The maximum absolute atomic E-state index is 11.5. The second-order valence-electron chi connectivity index (χ2n) is 2.94. The molecule has 0 saturated heterocycles. The first-order chi connectivity index (χ1) is 7.65. The second kappa shape index (κ2) is 6.07. The van der Waals surface area contributed by atoms with Crippen molar-refractivity contribution in [3.63, 3.8) is 0 Å². The maximum atomic E-state index is 11.5. The highest BCUT2D eigenvalue weighted by Gasteiger charge is 2.10. The van der Waals surface area contributed by atoms with Gasteiger partial charge in [-0.2, -0.15) is 0 Å². The van der Waals surface area contributed by atoms with Crippen molar-refractivity contribution in [1.29, 1.82) is 0 Å². The molecule has 0 aliphatic rings. The van der Waals surface area contributed by atoms with Gasteiger partial charge in [-0.25, -0.2) is 0 Å². The van der Waals surface area contributed by atoms with Crippen molar-refractivity contribution in [1.82, 2.24) is 10.3 Å². The number of nitrogens with zero attached hydrogens (tertiary/aromatic N) is 1. The zero-order chi connectivity index (χ0) is 12.0. The molecule has 5 nitrogen and oxygen atoms in total. The van der Waals surface area contributed by atoms with Crippen molar-refractivity contribution in [2.75, 3.05) is 13.7 Å². The van der Waals surface area contributed by atoms with Gasteiger partial charge in [-0.15, -0.1) is 0 Å². The van der Waals surface area contributed by atoms with Crippen molar-refractivity contribution in [2.24, 2.45) is 0 Å². The van der Waals surface area contributed by atoms with E-state index in [0.29, 0.717) is 5.02 Å². The molecule has 0 fully saturated rings. The maximum Gasteiger partial charge on any atom is 0.307 e. The third-order valence-corrected chi connectivity index (χ3v) is 2.18. The smallest absolute Gasteiger partial charge is 0.307 e. The van der Waals surface area contributed by atoms with Gasteiger partial charge < -0.3 is 10.1 Å². The molecule has 0 aliphatic heterocycles. The quantitative estimate of drug-likeness (QED) is 0.801. The van der Waals surface area contributed by atoms with E-state index < -0.39 is 0 Å². The van der Waals surface area contributed by atoms with Gasteiger partial charge in [-0.3, -0.25) is 14.6 Å². The number of aromatic nitrogens is 1. The van der Waals surface area contributed by atoms with Gasteiger partial charge in [0.2, 0.25) is 0 Å². The molecule has 1 rings (SSSR count). The van der Waals surface area contributed by atoms with E-state index in [4.69, 9.17) is 11.6 Å². The Balaban J connectivity index is 2.47. The van der Waals surface area contributed by atoms with E-state index in [1.165, 1.54) is 25.6 Å². The van der Waals surface area contributed by atoms with Gasteiger partial charge in [0.25, 0.3) is 5.91 Å². The third-order valence-electron chi connectivity index (χ3n) is 1.85. The van der Waals surface area contributed by atoms with Crippen molar-refractivity contribution in [3.05, 3.63) is 29.0 Å². The molecule has 0 unspecified atom stereocenters. The summed E-state index contributed by atoms with van der Waals surface area (Å²) in [5.74, 6) is -0.736. The number of hydrogen-bond acceptors (Lipinski definition) is 4. The number of hydrogen-bond donors (Lipinski definition) is 1. The molecule has 0 spiro atoms. The minimum atomic E-state index is -0.377. The molecule has 1 aromatic rings. The lowest BCUT2D eigenvalue weighted by Crippen LogP contribution is -2.26. The summed E-state index contributed by atoms with van der Waals surface area (Å²) in [5.41, 5.74) is 0.286. The highest BCUT2D eigenvalue weighted by atomic mass is 35.5. The monoisotopic (exact) mass is 242 g/mol. The number of methoxy groups -OCH3 is 1. The van der Waals surface area contributed by atoms with E-state index in [1.807, 2.05) is 0 Å². The van der Waals surface area contributed by atoms with Crippen LogP contribution in [0.25, 0.3) is 0 Å². The fraction of sp³-hybridized carbons (Fsp3) is 0.300. The molecule has 16 heavy (non-hydrogen) atoms. The van der Waals surface area contributed by atoms with E-state index in [-0.39, 0.29) is 30.4 Å². The Kier molecular flexibility index (Phi) is 4.72. The van der Waals surface area contributed by atoms with Gasteiger partial charge in [0.1, 0.15) is 0 Å². The summed E-state index contributed by atoms with van der Waals surface area (Å²) in [6.45, 7) is 0.205. The van der Waals surface area contributed by atoms with E-state index in [9.17, 15) is 9.59 Å². The molecule has 0 bridgehead atoms. The summed E-state index contributed by atoms with van der Waals surface area (Å²) in [6.07, 6.45) is 2.99. The van der Waals surface area contributed by atoms with Gasteiger partial charge in [0, 0.05) is 18.9 Å². The number of pyridine rings is 1. The number of rotatable bonds is 4. The lowest BCUT2D eigenvalue weighted by Gasteiger charge is -2.05. The zero-order valence-corrected chi connectivity index (χ0v) is 9.45. The minimum Gasteiger partial charge on any atom is -0.469 e. The van der Waals surface area contributed by atoms with Crippen LogP contribution in [0, 0.1) is 0 Å². The Labute approximate surface area is 97.8 Å². The summed E-state index contributed by atoms with van der Waals surface area (Å²) in [5, 5.41) is 2.87. The Hall–Kier alpha value is -1.62. The Morgan fingerprint density at radius 1 is 1.56 bits per heavy atom. The van der Waals surface area contributed by atoms with Gasteiger partial charge >= 0.3 is 5.97 Å². The Bertz CT molecular complexity index is 395. The lowest BCUT2D eigenvalue weighted by atomic mass is 10.2. The van der Waals surface area contributed by atoms with E-state index in [2.05, 4.69) is 15.0 Å². The van der Waals surface area contributed by atoms with Crippen molar-refractivity contribution in [3.8, 4) is 0 Å². The Morgan fingerprint density at radius 3 is 2.94 bits per heavy atom. The van der Waals surface area contributed by atoms with Crippen LogP contribution < -0.4 is 5.32 Å². The number of amides is 1. The molecule has 1 amide bonds. The Morgan fingerprint density at radius 2 is 2.31 bits per heavy atom. The lowest BCUT2D eigenvalue weighted by molar-refractivity contribution is -0.140. The summed E-state index contributed by atoms with van der Waals surface area (Å²) in [7, 11) is 1.29. The second-order valence-corrected chi connectivity index (χ2v) is 3.34. The highest BCUT2D eigenvalue weighted by molar-refractivity contribution is 6.33. The highest BCUT2D eigenvalue weighted by Crippen LogP contribution is 2.12. The summed E-state index contributed by atoms with van der Waals surface area (Å²) < 4.78 is 4.43. The number of carbonyl (C=O) groups is 2. The zero-order valence-electron chi connectivity index (χ0n) is 8.70. The average molecular weight is 243 g/mol. The molecule has 6 heteroatoms. The van der Waals surface area contributed by atoms with Crippen LogP contribution in [-0.4, -0.2) is 30.5 Å². The molecule has 1 N–H and O–H groups in total. The van der Waals surface area contributed by atoms with E-state index in [0.717, 1.165) is 0 Å². The SMILES string of the molecule is COC(=O)CCNC(=O)c1cnccc1Cl. The molecule has 1 aromatic heterocycles. The number of esters is 1. The number of carbonyl (C=O) groups excluding carboxylic acids is 2. The van der Waals surface area contributed by atoms with Gasteiger partial charge in [0.05, 0.1) is 24.1 Å². The van der Waals surface area contributed by atoms with Crippen molar-refractivity contribution in [2.45, 2.75) is 6.42 Å². The van der Waals surface area contributed by atoms with Crippen LogP contribution in [0.1, 0.15) is 16.8 Å². The summed E-state index contributed by atoms with van der Waals surface area (Å²) in [6, 6.07) is 1.52. The molecule has 0 saturated carbocycles. The molecule has 0 aliphatic carbocycles. The molecule has 0 radical (unpaired) electrons. The summed E-state index contributed by atoms with van der Waals surface area (Å²) >= 11 is 5.80. The minimum absolute atomic E-state index is 0.125. The number of nitrogens with one attached hydrogen (secondary N) is 1. The first-order valence-electron chi connectivity index (χ1n) is 4.59. The molecule has 1 heterocycles. The fourth-order valence-electron chi connectivity index (χ4n) is 1.02. The largest absolute Gasteiger partial charge is 0.469 e. The van der Waals surface area contributed by atoms with Crippen LogP contribution in [0.4, 0.5) is 0 Å². The molecule has 0 aromatic carbocycles. The van der Waals surface area contributed by atoms with Crippen LogP contribution in [-0.2, 0) is 9.53 Å². The first-order valence-corrected chi connectivity index (χ1v) is 4.97. The normalized spacial score (nSPS) is 9.62. The molecular formula is C10H11ClN2O3. The van der Waals surface area contributed by atoms with Gasteiger partial charge in [0.15, 0.2) is 0 Å². The predicted molar refractivity (Wildman–Crippen MR) is 58.2 cm³/mol. The topological polar surface area (TPSA) is 68.3 Å². The van der Waals surface area contributed by atoms with E-state index in [1.54, 1.807) is 0 Å². The van der Waals surface area contributed by atoms with Crippen molar-refractivity contribution >= 4 is 23.5 Å². The van der Waals surface area contributed by atoms with Crippen LogP contribution in [0.2, 0.25) is 5.02 Å². The van der Waals surface area contributed by atoms with Crippen LogP contribution in [0.5, 0.6) is 0 Å². The number of ether oxygens (including phenoxy) is 1. The van der Waals surface area contributed by atoms with Crippen LogP contribution >= 0.6 is 11.6 Å². The van der Waals surface area contributed by atoms with Gasteiger partial charge in [-0.1, -0.05) is 11.6 Å². The standard InChI is InChI=1S/C10H11ClN2O3/c1-16-9(14)3-5-13-10(15)7-6-12-4-2-8(7)11/h2,4,6H,3,5H2,1H3,(H,13,15). The van der Waals surface area contributed by atoms with E-state index >= 15 is 0 Å². The predicted octanol–water partition coefficient (Wildman–Crippen LogP) is 1.03. The number of halogens is 1.